The third kappa shape index (κ3) is 5.14. The third-order valence-electron chi connectivity index (χ3n) is 4.26. The second-order valence-electron chi connectivity index (χ2n) is 6.36. The number of aryl methyl sites for hydroxylation is 1. The number of hydrogen-bond donors (Lipinski definition) is 3. The van der Waals surface area contributed by atoms with Gasteiger partial charge in [-0.2, -0.15) is 0 Å². The van der Waals surface area contributed by atoms with E-state index in [1.165, 1.54) is 6.07 Å². The molecule has 3 rings (SSSR count). The maximum Gasteiger partial charge on any atom is 0.425 e. The van der Waals surface area contributed by atoms with E-state index in [4.69, 9.17) is 23.2 Å². The summed E-state index contributed by atoms with van der Waals surface area (Å²) in [6, 6.07) is 9.68. The lowest BCUT2D eigenvalue weighted by Crippen LogP contribution is -2.41. The van der Waals surface area contributed by atoms with Crippen molar-refractivity contribution >= 4 is 69.4 Å². The summed E-state index contributed by atoms with van der Waals surface area (Å²) >= 11 is 14.4. The van der Waals surface area contributed by atoms with Crippen LogP contribution in [-0.4, -0.2) is 34.6 Å². The van der Waals surface area contributed by atoms with Gasteiger partial charge < -0.3 is 10.1 Å². The number of halogens is 3. The topological polar surface area (TPSA) is 114 Å². The number of methoxy groups -OCH3 is 1. The number of carbonyl (C=O) groups excluding carboxylic acids is 3. The Kier molecular flexibility index (Phi) is 7.59. The first-order valence-corrected chi connectivity index (χ1v) is 10.8. The van der Waals surface area contributed by atoms with Crippen LogP contribution in [0, 0.1) is 10.6 Å². The van der Waals surface area contributed by atoms with E-state index in [9.17, 15) is 14.4 Å². The fraction of sp³-hybridized carbons (Fsp3) is 0.100. The van der Waals surface area contributed by atoms with Crippen molar-refractivity contribution in [2.75, 3.05) is 12.4 Å². The van der Waals surface area contributed by atoms with Gasteiger partial charge in [-0.1, -0.05) is 23.2 Å². The van der Waals surface area contributed by atoms with Crippen molar-refractivity contribution in [3.8, 4) is 5.82 Å². The zero-order chi connectivity index (χ0) is 23.4. The molecular formula is C20H16Cl2IN5O4. The lowest BCUT2D eigenvalue weighted by atomic mass is 10.1. The molecule has 0 aliphatic carbocycles. The Morgan fingerprint density at radius 1 is 1.09 bits per heavy atom. The number of hydrogen-bond acceptors (Lipinski definition) is 5. The molecule has 3 aromatic rings. The summed E-state index contributed by atoms with van der Waals surface area (Å²) in [6.07, 6.45) is 0.710. The number of benzene rings is 1. The van der Waals surface area contributed by atoms with Gasteiger partial charge in [-0.15, -0.1) is 0 Å². The van der Waals surface area contributed by atoms with Crippen molar-refractivity contribution in [3.05, 3.63) is 73.2 Å². The molecule has 2 heterocycles. The zero-order valence-electron chi connectivity index (χ0n) is 16.7. The Morgan fingerprint density at radius 2 is 1.84 bits per heavy atom. The zero-order valence-corrected chi connectivity index (χ0v) is 20.4. The van der Waals surface area contributed by atoms with Crippen molar-refractivity contribution in [1.82, 2.24) is 20.4 Å². The van der Waals surface area contributed by atoms with E-state index >= 15 is 0 Å². The number of nitrogens with zero attached hydrogens (tertiary/aromatic N) is 2. The monoisotopic (exact) mass is 587 g/mol. The van der Waals surface area contributed by atoms with Gasteiger partial charge in [0.15, 0.2) is 5.82 Å². The molecule has 9 nitrogen and oxygen atoms in total. The van der Waals surface area contributed by atoms with Gasteiger partial charge in [-0.05, 0) is 71.5 Å². The van der Waals surface area contributed by atoms with Gasteiger partial charge in [0.25, 0.3) is 11.8 Å². The summed E-state index contributed by atoms with van der Waals surface area (Å²) < 4.78 is 6.73. The van der Waals surface area contributed by atoms with Gasteiger partial charge in [0.1, 0.15) is 5.69 Å². The summed E-state index contributed by atoms with van der Waals surface area (Å²) in [5.74, 6) is -0.814. The normalized spacial score (nSPS) is 10.4. The molecule has 0 radical (unpaired) electrons. The van der Waals surface area contributed by atoms with Gasteiger partial charge in [0.2, 0.25) is 0 Å². The highest BCUT2D eigenvalue weighted by Crippen LogP contribution is 2.28. The van der Waals surface area contributed by atoms with Crippen LogP contribution < -0.4 is 16.2 Å². The van der Waals surface area contributed by atoms with Crippen LogP contribution in [0.2, 0.25) is 10.0 Å². The van der Waals surface area contributed by atoms with E-state index < -0.39 is 17.9 Å². The molecule has 12 heteroatoms. The van der Waals surface area contributed by atoms with E-state index in [1.807, 2.05) is 0 Å². The fourth-order valence-corrected chi connectivity index (χ4v) is 3.99. The molecule has 0 atom stereocenters. The predicted octanol–water partition coefficient (Wildman–Crippen LogP) is 4.35. The van der Waals surface area contributed by atoms with Crippen LogP contribution in [0.3, 0.4) is 0 Å². The number of hydrazine groups is 1. The van der Waals surface area contributed by atoms with E-state index in [2.05, 4.69) is 48.5 Å². The van der Waals surface area contributed by atoms with Crippen molar-refractivity contribution in [3.63, 3.8) is 0 Å². The van der Waals surface area contributed by atoms with Crippen LogP contribution in [0.25, 0.3) is 5.82 Å². The molecule has 0 bridgehead atoms. The molecule has 3 amide bonds. The van der Waals surface area contributed by atoms with Crippen LogP contribution in [-0.2, 0) is 4.74 Å². The number of pyridine rings is 1. The number of rotatable bonds is 4. The van der Waals surface area contributed by atoms with Crippen LogP contribution in [0.1, 0.15) is 26.4 Å². The number of anilines is 1. The van der Waals surface area contributed by atoms with Gasteiger partial charge in [0, 0.05) is 11.2 Å². The first-order valence-electron chi connectivity index (χ1n) is 8.97. The number of ether oxygens (including phenoxy) is 1. The minimum atomic E-state index is -0.859. The molecule has 0 spiro atoms. The molecule has 32 heavy (non-hydrogen) atoms. The second kappa shape index (κ2) is 10.2. The molecule has 166 valence electrons. The largest absolute Gasteiger partial charge is 0.452 e. The smallest absolute Gasteiger partial charge is 0.425 e. The third-order valence-corrected chi connectivity index (χ3v) is 5.62. The lowest BCUT2D eigenvalue weighted by Gasteiger charge is -2.16. The Hall–Kier alpha value is -2.83. The highest BCUT2D eigenvalue weighted by atomic mass is 127. The molecule has 0 saturated heterocycles. The number of nitrogens with one attached hydrogen (secondary N) is 3. The molecule has 1 aromatic carbocycles. The van der Waals surface area contributed by atoms with Gasteiger partial charge in [-0.3, -0.25) is 19.6 Å². The SMILES string of the molecule is COC(=O)NNC(=O)c1cc(Cl)cc(C)c1NC(=O)c1ccc(I)n1-c1ncccc1Cl. The van der Waals surface area contributed by atoms with Crippen LogP contribution in [0.15, 0.2) is 42.6 Å². The summed E-state index contributed by atoms with van der Waals surface area (Å²) in [7, 11) is 1.15. The summed E-state index contributed by atoms with van der Waals surface area (Å²) in [6.45, 7) is 1.68. The van der Waals surface area contributed by atoms with Crippen LogP contribution in [0.5, 0.6) is 0 Å². The molecule has 0 unspecified atom stereocenters. The minimum Gasteiger partial charge on any atom is -0.452 e. The maximum atomic E-state index is 13.2. The summed E-state index contributed by atoms with van der Waals surface area (Å²) in [5.41, 5.74) is 5.33. The maximum absolute atomic E-state index is 13.2. The molecule has 0 saturated carbocycles. The standard InChI is InChI=1S/C20H16Cl2IN5O4/c1-10-8-11(21)9-12(18(29)26-27-20(31)32-2)16(10)25-19(30)14-5-6-15(23)28(14)17-13(22)4-3-7-24-17/h3-9H,1-2H3,(H,25,30)(H,26,29)(H,27,31). The Labute approximate surface area is 206 Å². The highest BCUT2D eigenvalue weighted by Gasteiger charge is 2.22. The Balaban J connectivity index is 1.97. The van der Waals surface area contributed by atoms with Crippen molar-refractivity contribution in [2.45, 2.75) is 6.92 Å². The Bertz CT molecular complexity index is 1210. The van der Waals surface area contributed by atoms with E-state index in [-0.39, 0.29) is 22.0 Å². The predicted molar refractivity (Wildman–Crippen MR) is 128 cm³/mol. The highest BCUT2D eigenvalue weighted by molar-refractivity contribution is 14.1. The number of carbonyl (C=O) groups is 3. The summed E-state index contributed by atoms with van der Waals surface area (Å²) in [5, 5.41) is 3.40. The van der Waals surface area contributed by atoms with Gasteiger partial charge >= 0.3 is 6.09 Å². The number of aromatic nitrogens is 2. The lowest BCUT2D eigenvalue weighted by molar-refractivity contribution is 0.0921. The van der Waals surface area contributed by atoms with E-state index in [0.717, 1.165) is 7.11 Å². The Morgan fingerprint density at radius 3 is 2.53 bits per heavy atom. The summed E-state index contributed by atoms with van der Waals surface area (Å²) in [4.78, 5) is 41.4. The molecule has 3 N–H and O–H groups in total. The minimum absolute atomic E-state index is 0.0448. The van der Waals surface area contributed by atoms with Gasteiger partial charge in [0.05, 0.1) is 27.1 Å². The van der Waals surface area contributed by atoms with Crippen molar-refractivity contribution in [2.24, 2.45) is 0 Å². The molecule has 2 aromatic heterocycles. The number of amides is 3. The van der Waals surface area contributed by atoms with Crippen LogP contribution >= 0.6 is 45.8 Å². The molecule has 0 aliphatic rings. The average molecular weight is 588 g/mol. The molecule has 0 fully saturated rings. The second-order valence-corrected chi connectivity index (χ2v) is 8.30. The molecule has 0 aliphatic heterocycles. The van der Waals surface area contributed by atoms with Crippen molar-refractivity contribution < 1.29 is 19.1 Å². The first kappa shape index (κ1) is 23.8. The van der Waals surface area contributed by atoms with E-state index in [1.54, 1.807) is 48.0 Å². The first-order chi connectivity index (χ1) is 15.2. The average Bonchev–Trinajstić information content (AvgIpc) is 3.14. The van der Waals surface area contributed by atoms with Crippen molar-refractivity contribution in [1.29, 1.82) is 0 Å². The fourth-order valence-electron chi connectivity index (χ4n) is 2.84. The van der Waals surface area contributed by atoms with Crippen LogP contribution in [0.4, 0.5) is 10.5 Å². The van der Waals surface area contributed by atoms with Gasteiger partial charge in [-0.25, -0.2) is 15.2 Å². The quantitative estimate of drug-likeness (QED) is 0.310. The van der Waals surface area contributed by atoms with E-state index in [0.29, 0.717) is 20.1 Å². The molecular weight excluding hydrogens is 572 g/mol.